The van der Waals surface area contributed by atoms with Crippen molar-refractivity contribution < 1.29 is 37.0 Å². The second-order valence-electron chi connectivity index (χ2n) is 5.87. The van der Waals surface area contributed by atoms with Crippen LogP contribution in [0.25, 0.3) is 0 Å². The minimum Gasteiger partial charge on any atom is -0.493 e. The lowest BCUT2D eigenvalue weighted by Crippen LogP contribution is -2.18. The lowest BCUT2D eigenvalue weighted by molar-refractivity contribution is -0.114. The van der Waals surface area contributed by atoms with E-state index >= 15 is 0 Å². The summed E-state index contributed by atoms with van der Waals surface area (Å²) in [5.74, 6) is -0.922. The molecule has 162 valence electrons. The number of esters is 1. The molecule has 2 aromatic carbocycles. The van der Waals surface area contributed by atoms with Crippen molar-refractivity contribution in [3.8, 4) is 17.2 Å². The largest absolute Gasteiger partial charge is 0.493 e. The lowest BCUT2D eigenvalue weighted by Gasteiger charge is -2.19. The molecular weight excluding hydrogens is 416 g/mol. The van der Waals surface area contributed by atoms with Crippen LogP contribution in [-0.2, 0) is 19.6 Å². The zero-order valence-electron chi connectivity index (χ0n) is 17.1. The van der Waals surface area contributed by atoms with Crippen LogP contribution in [0.1, 0.15) is 17.3 Å². The van der Waals surface area contributed by atoms with Crippen LogP contribution >= 0.6 is 0 Å². The van der Waals surface area contributed by atoms with Gasteiger partial charge in [0.2, 0.25) is 11.7 Å². The van der Waals surface area contributed by atoms with Crippen molar-refractivity contribution >= 4 is 33.3 Å². The van der Waals surface area contributed by atoms with Gasteiger partial charge in [0, 0.05) is 18.7 Å². The van der Waals surface area contributed by atoms with Crippen LogP contribution in [0.4, 0.5) is 11.4 Å². The summed E-state index contributed by atoms with van der Waals surface area (Å²) < 4.78 is 48.8. The summed E-state index contributed by atoms with van der Waals surface area (Å²) in [6, 6.07) is 6.76. The van der Waals surface area contributed by atoms with Gasteiger partial charge in [-0.15, -0.1) is 0 Å². The first-order chi connectivity index (χ1) is 14.2. The maximum Gasteiger partial charge on any atom is 0.340 e. The second kappa shape index (κ2) is 9.35. The van der Waals surface area contributed by atoms with Gasteiger partial charge in [0.1, 0.15) is 5.69 Å². The van der Waals surface area contributed by atoms with E-state index in [2.05, 4.69) is 10.0 Å². The van der Waals surface area contributed by atoms with E-state index in [0.29, 0.717) is 5.69 Å². The number of benzene rings is 2. The molecule has 0 radical (unpaired) electrons. The molecule has 11 heteroatoms. The van der Waals surface area contributed by atoms with E-state index in [1.807, 2.05) is 0 Å². The third-order valence-electron chi connectivity index (χ3n) is 3.96. The van der Waals surface area contributed by atoms with Crippen molar-refractivity contribution in [1.82, 2.24) is 0 Å². The van der Waals surface area contributed by atoms with E-state index in [0.717, 1.165) is 7.11 Å². The summed E-state index contributed by atoms with van der Waals surface area (Å²) in [6.07, 6.45) is 0. The first-order valence-electron chi connectivity index (χ1n) is 8.50. The molecule has 0 aliphatic heterocycles. The number of sulfonamides is 1. The van der Waals surface area contributed by atoms with Crippen LogP contribution in [-0.4, -0.2) is 48.7 Å². The first kappa shape index (κ1) is 22.8. The predicted molar refractivity (Wildman–Crippen MR) is 109 cm³/mol. The fraction of sp³-hybridized carbons (Fsp3) is 0.263. The number of nitrogens with one attached hydrogen (secondary N) is 2. The average Bonchev–Trinajstić information content (AvgIpc) is 2.72. The number of anilines is 2. The van der Waals surface area contributed by atoms with E-state index in [4.69, 9.17) is 18.9 Å². The molecule has 2 aromatic rings. The molecular formula is C19H22N2O8S. The van der Waals surface area contributed by atoms with Crippen LogP contribution in [0, 0.1) is 0 Å². The van der Waals surface area contributed by atoms with Gasteiger partial charge < -0.3 is 24.3 Å². The highest BCUT2D eigenvalue weighted by Crippen LogP contribution is 2.46. The van der Waals surface area contributed by atoms with Crippen molar-refractivity contribution in [2.75, 3.05) is 38.5 Å². The standard InChI is InChI=1S/C19H22N2O8S/c1-11(22)20-12-6-8-13(9-7-12)30(24,25)21-16-14(19(23)29-5)10-15(26-2)17(27-3)18(16)28-4/h6-10,21H,1-5H3,(H,20,22). The van der Waals surface area contributed by atoms with Crippen LogP contribution in [0.3, 0.4) is 0 Å². The van der Waals surface area contributed by atoms with Crippen LogP contribution in [0.5, 0.6) is 17.2 Å². The van der Waals surface area contributed by atoms with E-state index in [1.54, 1.807) is 0 Å². The van der Waals surface area contributed by atoms with Gasteiger partial charge in [0.25, 0.3) is 10.0 Å². The highest BCUT2D eigenvalue weighted by molar-refractivity contribution is 7.92. The Labute approximate surface area is 174 Å². The molecule has 2 rings (SSSR count). The molecule has 0 atom stereocenters. The smallest absolute Gasteiger partial charge is 0.340 e. The molecule has 10 nitrogen and oxygen atoms in total. The SMILES string of the molecule is COC(=O)c1cc(OC)c(OC)c(OC)c1NS(=O)(=O)c1ccc(NC(C)=O)cc1. The molecule has 0 bridgehead atoms. The Hall–Kier alpha value is -3.47. The van der Waals surface area contributed by atoms with E-state index in [-0.39, 0.29) is 39.3 Å². The van der Waals surface area contributed by atoms with Gasteiger partial charge in [-0.2, -0.15) is 0 Å². The fourth-order valence-corrected chi connectivity index (χ4v) is 3.73. The number of carbonyl (C=O) groups excluding carboxylic acids is 2. The van der Waals surface area contributed by atoms with Gasteiger partial charge in [0.15, 0.2) is 11.5 Å². The molecule has 30 heavy (non-hydrogen) atoms. The molecule has 0 unspecified atom stereocenters. The van der Waals surface area contributed by atoms with E-state index in [9.17, 15) is 18.0 Å². The number of ether oxygens (including phenoxy) is 4. The maximum atomic E-state index is 12.9. The Morgan fingerprint density at radius 3 is 1.97 bits per heavy atom. The monoisotopic (exact) mass is 438 g/mol. The highest BCUT2D eigenvalue weighted by atomic mass is 32.2. The van der Waals surface area contributed by atoms with Gasteiger partial charge in [-0.25, -0.2) is 13.2 Å². The van der Waals surface area contributed by atoms with Crippen LogP contribution in [0.15, 0.2) is 35.2 Å². The topological polar surface area (TPSA) is 129 Å². The molecule has 0 saturated carbocycles. The van der Waals surface area contributed by atoms with Crippen molar-refractivity contribution in [1.29, 1.82) is 0 Å². The van der Waals surface area contributed by atoms with Gasteiger partial charge in [0.05, 0.1) is 38.9 Å². The van der Waals surface area contributed by atoms with Crippen molar-refractivity contribution in [3.63, 3.8) is 0 Å². The van der Waals surface area contributed by atoms with Crippen LogP contribution < -0.4 is 24.2 Å². The van der Waals surface area contributed by atoms with E-state index < -0.39 is 16.0 Å². The minimum atomic E-state index is -4.15. The number of hydrogen-bond donors (Lipinski definition) is 2. The van der Waals surface area contributed by atoms with Gasteiger partial charge in [-0.3, -0.25) is 9.52 Å². The number of rotatable bonds is 8. The van der Waals surface area contributed by atoms with Crippen LogP contribution in [0.2, 0.25) is 0 Å². The van der Waals surface area contributed by atoms with Crippen molar-refractivity contribution in [2.45, 2.75) is 11.8 Å². The average molecular weight is 438 g/mol. The van der Waals surface area contributed by atoms with Gasteiger partial charge in [-0.1, -0.05) is 0 Å². The van der Waals surface area contributed by atoms with Gasteiger partial charge in [-0.05, 0) is 24.3 Å². The second-order valence-corrected chi connectivity index (χ2v) is 7.55. The maximum absolute atomic E-state index is 12.9. The summed E-state index contributed by atoms with van der Waals surface area (Å²) in [5.41, 5.74) is 0.124. The molecule has 0 spiro atoms. The highest BCUT2D eigenvalue weighted by Gasteiger charge is 2.28. The van der Waals surface area contributed by atoms with E-state index in [1.165, 1.54) is 58.6 Å². The molecule has 0 heterocycles. The van der Waals surface area contributed by atoms with Gasteiger partial charge >= 0.3 is 5.97 Å². The molecule has 0 aromatic heterocycles. The number of amides is 1. The molecule has 0 aliphatic rings. The summed E-state index contributed by atoms with van der Waals surface area (Å²) in [6.45, 7) is 1.34. The first-order valence-corrected chi connectivity index (χ1v) is 9.98. The molecule has 0 aliphatic carbocycles. The van der Waals surface area contributed by atoms with Crippen molar-refractivity contribution in [3.05, 3.63) is 35.9 Å². The lowest BCUT2D eigenvalue weighted by atomic mass is 10.1. The third-order valence-corrected chi connectivity index (χ3v) is 5.32. The Kier molecular flexibility index (Phi) is 7.11. The zero-order chi connectivity index (χ0) is 22.5. The van der Waals surface area contributed by atoms with Crippen molar-refractivity contribution in [2.24, 2.45) is 0 Å². The zero-order valence-corrected chi connectivity index (χ0v) is 17.9. The minimum absolute atomic E-state index is 0.0595. The summed E-state index contributed by atoms with van der Waals surface area (Å²) >= 11 is 0. The Balaban J connectivity index is 2.59. The molecule has 1 amide bonds. The Morgan fingerprint density at radius 2 is 1.50 bits per heavy atom. The molecule has 2 N–H and O–H groups in total. The quantitative estimate of drug-likeness (QED) is 0.601. The normalized spacial score (nSPS) is 10.7. The summed E-state index contributed by atoms with van der Waals surface area (Å²) in [5, 5.41) is 2.54. The number of methoxy groups -OCH3 is 4. The molecule has 0 fully saturated rings. The fourth-order valence-electron chi connectivity index (χ4n) is 2.64. The summed E-state index contributed by atoms with van der Waals surface area (Å²) in [7, 11) is 1.00. The summed E-state index contributed by atoms with van der Waals surface area (Å²) in [4.78, 5) is 23.3. The predicted octanol–water partition coefficient (Wildman–Crippen LogP) is 2.26. The third kappa shape index (κ3) is 4.74. The Morgan fingerprint density at radius 1 is 0.900 bits per heavy atom. The molecule has 0 saturated heterocycles. The number of hydrogen-bond acceptors (Lipinski definition) is 8. The number of carbonyl (C=O) groups is 2. The Bertz CT molecular complexity index is 1050.